The topological polar surface area (TPSA) is 85.0 Å². The van der Waals surface area contributed by atoms with Crippen LogP contribution in [0.2, 0.25) is 0 Å². The molecule has 9 nitrogen and oxygen atoms in total. The maximum absolute atomic E-state index is 14.1. The molecule has 0 N–H and O–H groups in total. The van der Waals surface area contributed by atoms with E-state index in [1.54, 1.807) is 35.9 Å². The number of hydrogen-bond acceptors (Lipinski definition) is 6. The summed E-state index contributed by atoms with van der Waals surface area (Å²) in [6.45, 7) is 2.86. The third kappa shape index (κ3) is 4.22. The van der Waals surface area contributed by atoms with Crippen LogP contribution in [-0.4, -0.2) is 67.0 Å². The zero-order chi connectivity index (χ0) is 24.6. The second-order valence-corrected chi connectivity index (χ2v) is 8.11. The molecule has 3 heterocycles. The lowest BCUT2D eigenvalue weighted by Crippen LogP contribution is -2.49. The van der Waals surface area contributed by atoms with E-state index in [1.165, 1.54) is 4.90 Å². The fourth-order valence-corrected chi connectivity index (χ4v) is 4.16. The Morgan fingerprint density at radius 3 is 2.29 bits per heavy atom. The fraction of sp³-hybridized carbons (Fsp3) is 0.261. The molecule has 5 rings (SSSR count). The number of nitrogens with zero attached hydrogens (tertiary/aromatic N) is 8. The van der Waals surface area contributed by atoms with Gasteiger partial charge in [0.25, 0.3) is 5.91 Å². The summed E-state index contributed by atoms with van der Waals surface area (Å²) in [5, 5.41) is 15.8. The number of halogens is 3. The molecule has 0 atom stereocenters. The van der Waals surface area contributed by atoms with Crippen LogP contribution in [0.4, 0.5) is 19.1 Å². The highest BCUT2D eigenvalue weighted by Gasteiger charge is 2.42. The minimum absolute atomic E-state index is 0.216. The second kappa shape index (κ2) is 8.85. The fourth-order valence-electron chi connectivity index (χ4n) is 4.16. The number of rotatable bonds is 4. The van der Waals surface area contributed by atoms with E-state index in [-0.39, 0.29) is 18.8 Å². The van der Waals surface area contributed by atoms with Crippen molar-refractivity contribution < 1.29 is 18.0 Å². The predicted molar refractivity (Wildman–Crippen MR) is 121 cm³/mol. The van der Waals surface area contributed by atoms with Crippen LogP contribution in [0.3, 0.4) is 0 Å². The Bertz CT molecular complexity index is 1340. The molecule has 35 heavy (non-hydrogen) atoms. The van der Waals surface area contributed by atoms with E-state index < -0.39 is 23.3 Å². The lowest BCUT2D eigenvalue weighted by atomic mass is 10.1. The van der Waals surface area contributed by atoms with Gasteiger partial charge in [-0.2, -0.15) is 23.0 Å². The van der Waals surface area contributed by atoms with Crippen LogP contribution in [0.5, 0.6) is 0 Å². The summed E-state index contributed by atoms with van der Waals surface area (Å²) in [5.74, 6) is -0.203. The first-order valence-corrected chi connectivity index (χ1v) is 10.9. The van der Waals surface area contributed by atoms with Gasteiger partial charge < -0.3 is 9.80 Å². The number of carbonyl (C=O) groups is 1. The SMILES string of the molecule is Cc1ccccc1-n1ncc(C(=O)N2CCN(c3nnnn3-c3ccccc3)CC2)c1C(F)(F)F. The predicted octanol–water partition coefficient (Wildman–Crippen LogP) is 3.14. The summed E-state index contributed by atoms with van der Waals surface area (Å²) in [4.78, 5) is 16.5. The van der Waals surface area contributed by atoms with Crippen molar-refractivity contribution in [2.24, 2.45) is 0 Å². The lowest BCUT2D eigenvalue weighted by molar-refractivity contribution is -0.143. The maximum atomic E-state index is 14.1. The van der Waals surface area contributed by atoms with Crippen LogP contribution in [-0.2, 0) is 6.18 Å². The van der Waals surface area contributed by atoms with Crippen LogP contribution >= 0.6 is 0 Å². The number of carbonyl (C=O) groups excluding carboxylic acids is 1. The summed E-state index contributed by atoms with van der Waals surface area (Å²) >= 11 is 0. The van der Waals surface area contributed by atoms with Gasteiger partial charge in [0.2, 0.25) is 5.95 Å². The van der Waals surface area contributed by atoms with Crippen LogP contribution in [0, 0.1) is 6.92 Å². The molecule has 0 bridgehead atoms. The number of para-hydroxylation sites is 2. The number of hydrogen-bond donors (Lipinski definition) is 0. The van der Waals surface area contributed by atoms with E-state index >= 15 is 0 Å². The largest absolute Gasteiger partial charge is 0.434 e. The number of aromatic nitrogens is 6. The molecule has 4 aromatic rings. The summed E-state index contributed by atoms with van der Waals surface area (Å²) in [7, 11) is 0. The van der Waals surface area contributed by atoms with Gasteiger partial charge >= 0.3 is 6.18 Å². The molecule has 1 aliphatic rings. The molecule has 0 unspecified atom stereocenters. The molecule has 12 heteroatoms. The van der Waals surface area contributed by atoms with Crippen molar-refractivity contribution in [2.75, 3.05) is 31.1 Å². The average molecular weight is 482 g/mol. The molecule has 1 aliphatic heterocycles. The van der Waals surface area contributed by atoms with Gasteiger partial charge in [0.15, 0.2) is 5.69 Å². The van der Waals surface area contributed by atoms with Gasteiger partial charge in [0, 0.05) is 26.2 Å². The van der Waals surface area contributed by atoms with E-state index in [4.69, 9.17) is 0 Å². The first kappa shape index (κ1) is 22.6. The average Bonchev–Trinajstić information content (AvgIpc) is 3.52. The van der Waals surface area contributed by atoms with E-state index in [1.807, 2.05) is 35.2 Å². The third-order valence-electron chi connectivity index (χ3n) is 5.92. The van der Waals surface area contributed by atoms with Crippen LogP contribution < -0.4 is 4.90 Å². The summed E-state index contributed by atoms with van der Waals surface area (Å²) < 4.78 is 44.6. The number of benzene rings is 2. The first-order chi connectivity index (χ1) is 16.8. The zero-order valence-corrected chi connectivity index (χ0v) is 18.7. The molecule has 180 valence electrons. The van der Waals surface area contributed by atoms with Crippen LogP contribution in [0.25, 0.3) is 11.4 Å². The Hall–Kier alpha value is -4.22. The smallest absolute Gasteiger partial charge is 0.336 e. The molecular formula is C23H21F3N8O. The Labute approximate surface area is 198 Å². The quantitative estimate of drug-likeness (QED) is 0.444. The van der Waals surface area contributed by atoms with Gasteiger partial charge in [-0.1, -0.05) is 41.5 Å². The van der Waals surface area contributed by atoms with E-state index in [0.717, 1.165) is 16.6 Å². The molecule has 2 aromatic carbocycles. The van der Waals surface area contributed by atoms with Crippen molar-refractivity contribution in [2.45, 2.75) is 13.1 Å². The van der Waals surface area contributed by atoms with E-state index in [9.17, 15) is 18.0 Å². The molecule has 0 radical (unpaired) electrons. The molecule has 1 saturated heterocycles. The number of tetrazole rings is 1. The van der Waals surface area contributed by atoms with Gasteiger partial charge in [-0.05, 0) is 41.1 Å². The number of anilines is 1. The van der Waals surface area contributed by atoms with E-state index in [0.29, 0.717) is 24.6 Å². The highest BCUT2D eigenvalue weighted by molar-refractivity contribution is 5.95. The summed E-state index contributed by atoms with van der Waals surface area (Å²) in [6, 6.07) is 16.0. The van der Waals surface area contributed by atoms with Crippen molar-refractivity contribution in [1.29, 1.82) is 0 Å². The zero-order valence-electron chi connectivity index (χ0n) is 18.7. The second-order valence-electron chi connectivity index (χ2n) is 8.11. The van der Waals surface area contributed by atoms with Crippen molar-refractivity contribution in [3.05, 3.63) is 77.6 Å². The number of amides is 1. The normalized spacial score (nSPS) is 14.4. The summed E-state index contributed by atoms with van der Waals surface area (Å²) in [5.41, 5.74) is 0.126. The molecule has 1 amide bonds. The Kier molecular flexibility index (Phi) is 5.71. The highest BCUT2D eigenvalue weighted by atomic mass is 19.4. The standard InChI is InChI=1S/C23H21F3N8O/c1-16-7-5-6-10-19(16)34-20(23(24,25)26)18(15-27-34)21(35)31-11-13-32(14-12-31)22-28-29-30-33(22)17-8-3-2-4-9-17/h2-10,15H,11-14H2,1H3. The van der Waals surface area contributed by atoms with Crippen LogP contribution in [0.15, 0.2) is 60.8 Å². The van der Waals surface area contributed by atoms with Crippen LogP contribution in [0.1, 0.15) is 21.6 Å². The van der Waals surface area contributed by atoms with Gasteiger partial charge in [-0.25, -0.2) is 4.68 Å². The summed E-state index contributed by atoms with van der Waals surface area (Å²) in [6.07, 6.45) is -3.76. The molecule has 0 aliphatic carbocycles. The Morgan fingerprint density at radius 1 is 0.914 bits per heavy atom. The molecule has 2 aromatic heterocycles. The monoisotopic (exact) mass is 482 g/mol. The van der Waals surface area contributed by atoms with E-state index in [2.05, 4.69) is 20.6 Å². The van der Waals surface area contributed by atoms with Crippen molar-refractivity contribution in [3.63, 3.8) is 0 Å². The van der Waals surface area contributed by atoms with Gasteiger partial charge in [-0.3, -0.25) is 4.79 Å². The van der Waals surface area contributed by atoms with Gasteiger partial charge in [-0.15, -0.1) is 0 Å². The van der Waals surface area contributed by atoms with Gasteiger partial charge in [0.05, 0.1) is 23.1 Å². The molecular weight excluding hydrogens is 461 g/mol. The van der Waals surface area contributed by atoms with Crippen molar-refractivity contribution in [3.8, 4) is 11.4 Å². The molecule has 0 spiro atoms. The Morgan fingerprint density at radius 2 is 1.60 bits per heavy atom. The number of alkyl halides is 3. The molecule has 0 saturated carbocycles. The third-order valence-corrected chi connectivity index (χ3v) is 5.92. The first-order valence-electron chi connectivity index (χ1n) is 10.9. The minimum atomic E-state index is -4.76. The van der Waals surface area contributed by atoms with Crippen molar-refractivity contribution >= 4 is 11.9 Å². The lowest BCUT2D eigenvalue weighted by Gasteiger charge is -2.34. The number of piperazine rings is 1. The van der Waals surface area contributed by atoms with Crippen molar-refractivity contribution in [1.82, 2.24) is 34.9 Å². The highest BCUT2D eigenvalue weighted by Crippen LogP contribution is 2.35. The molecule has 1 fully saturated rings. The van der Waals surface area contributed by atoms with Gasteiger partial charge in [0.1, 0.15) is 0 Å². The Balaban J connectivity index is 1.37. The minimum Gasteiger partial charge on any atom is -0.336 e. The maximum Gasteiger partial charge on any atom is 0.434 e. The number of aryl methyl sites for hydroxylation is 1.